The van der Waals surface area contributed by atoms with E-state index in [2.05, 4.69) is 56.5 Å². The maximum Gasteiger partial charge on any atom is 0.296 e. The summed E-state index contributed by atoms with van der Waals surface area (Å²) in [6, 6.07) is 26.4. The van der Waals surface area contributed by atoms with E-state index in [0.717, 1.165) is 72.8 Å². The van der Waals surface area contributed by atoms with Crippen LogP contribution in [0.2, 0.25) is 0 Å². The number of fused-ring (bicyclic) bond motifs is 4. The molecule has 11 rings (SSSR count). The minimum Gasteiger partial charge on any atom is -0.507 e. The molecule has 11 aromatic carbocycles. The molecule has 0 unspecified atom stereocenters. The number of benzene rings is 11. The van der Waals surface area contributed by atoms with Crippen LogP contribution < -0.4 is 10.1 Å². The minimum absolute atomic E-state index is 0.00678. The summed E-state index contributed by atoms with van der Waals surface area (Å²) < 4.78 is 288. The van der Waals surface area contributed by atoms with Gasteiger partial charge in [0.25, 0.3) is 80.9 Å². The first-order valence-corrected chi connectivity index (χ1v) is 41.6. The lowest BCUT2D eigenvalue weighted by Gasteiger charge is -2.15. The number of anilines is 2. The third kappa shape index (κ3) is 17.5. The second-order valence-electron chi connectivity index (χ2n) is 23.1. The zero-order valence-corrected chi connectivity index (χ0v) is 61.1. The van der Waals surface area contributed by atoms with Gasteiger partial charge in [-0.3, -0.25) is 36.4 Å². The van der Waals surface area contributed by atoms with Crippen molar-refractivity contribution in [2.75, 3.05) is 17.7 Å². The van der Waals surface area contributed by atoms with E-state index < -0.39 is 230 Å². The van der Waals surface area contributed by atoms with Crippen LogP contribution in [0.3, 0.4) is 0 Å². The van der Waals surface area contributed by atoms with Crippen molar-refractivity contribution in [2.45, 2.75) is 47.6 Å². The van der Waals surface area contributed by atoms with Crippen LogP contribution in [0.4, 0.5) is 68.2 Å². The smallest absolute Gasteiger partial charge is 0.296 e. The number of hydrogen-bond donors (Lipinski definition) is 13. The number of phenolic OH excluding ortho intramolecular Hbond substituents is 4. The number of nitrogens with zero attached hydrogens (tertiary/aromatic N) is 10. The fraction of sp³-hybridized carbons (Fsp3) is 0.0645. The van der Waals surface area contributed by atoms with Crippen molar-refractivity contribution < 1.29 is 129 Å². The topological polar surface area (TPSA) is 661 Å². The van der Waals surface area contributed by atoms with Crippen LogP contribution in [0.15, 0.2) is 237 Å². The van der Waals surface area contributed by atoms with E-state index in [1.54, 1.807) is 30.3 Å². The Balaban J connectivity index is 1.02. The molecule has 0 aromatic heterocycles. The quantitative estimate of drug-likeness (QED) is 0.0152. The van der Waals surface area contributed by atoms with Crippen molar-refractivity contribution in [1.82, 2.24) is 0 Å². The standard InChI is InChI=1S/C62H47N11O29S8/c1-30-18-46(49(102-16-7-17-103(78,79)80)29-45(30)67-69-47-25-36(104(81,82)83)20-32-21-37(105(84,85)86)26-48(74)55(32)47)68-73-59-53(109(96,97)98)27-40-42(62(59)77)23-35(24-51(40)107(90,91)92)65-70-56-41-28-54(110(99,100)101)58(61(76)39(41)14-15-44(56)63-33-8-3-2-4-9-33)71-64-34-12-13-38-31(19-34)22-52(108(93,94)95)57(60(38)75)72-66-43-10-5-6-11-50(43)106(87,88)89/h2-6,8-15,18-29,63,74-77H,7,16-17H2,1H3,(H,78,79,80)(H,81,82,83)(H,84,85,86)(H,87,88,89)(H,90,91,92)(H,93,94,95)(H,96,97,98)(H,99,100,101)/b69-67-,70-65?,71-64+,72-66-,73-68?. The average molecular weight is 1670 g/mol. The van der Waals surface area contributed by atoms with E-state index in [-0.39, 0.29) is 44.2 Å². The van der Waals surface area contributed by atoms with Crippen LogP contribution in [-0.4, -0.2) is 137 Å². The van der Waals surface area contributed by atoms with Crippen LogP contribution >= 0.6 is 0 Å². The number of rotatable bonds is 24. The lowest BCUT2D eigenvalue weighted by Crippen LogP contribution is -2.08. The summed E-state index contributed by atoms with van der Waals surface area (Å²) in [5.41, 5.74) is -6.01. The Morgan fingerprint density at radius 3 is 1.45 bits per heavy atom. The number of phenols is 4. The summed E-state index contributed by atoms with van der Waals surface area (Å²) in [6.07, 6.45) is -0.438. The molecule has 0 radical (unpaired) electrons. The number of para-hydroxylation sites is 1. The van der Waals surface area contributed by atoms with Crippen molar-refractivity contribution in [2.24, 2.45) is 51.1 Å². The van der Waals surface area contributed by atoms with Gasteiger partial charge >= 0.3 is 0 Å². The molecule has 11 aromatic rings. The maximum atomic E-state index is 13.4. The molecule has 13 N–H and O–H groups in total. The normalized spacial score (nSPS) is 13.2. The Bertz CT molecular complexity index is 6930. The predicted octanol–water partition coefficient (Wildman–Crippen LogP) is 13.6. The Morgan fingerprint density at radius 2 is 0.855 bits per heavy atom. The van der Waals surface area contributed by atoms with Crippen LogP contribution in [0.25, 0.3) is 43.1 Å². The summed E-state index contributed by atoms with van der Waals surface area (Å²) in [5.74, 6) is -5.57. The van der Waals surface area contributed by atoms with Gasteiger partial charge in [0.15, 0.2) is 17.2 Å². The number of ether oxygens (including phenoxy) is 1. The lowest BCUT2D eigenvalue weighted by molar-refractivity contribution is 0.317. The van der Waals surface area contributed by atoms with E-state index in [1.165, 1.54) is 31.2 Å². The average Bonchev–Trinajstić information content (AvgIpc) is 0.756. The van der Waals surface area contributed by atoms with Gasteiger partial charge in [-0.25, -0.2) is 0 Å². The third-order valence-corrected chi connectivity index (χ3v) is 22.5. The largest absolute Gasteiger partial charge is 0.507 e. The third-order valence-electron chi connectivity index (χ3n) is 15.6. The highest BCUT2D eigenvalue weighted by Gasteiger charge is 2.30. The first kappa shape index (κ1) is 79.6. The van der Waals surface area contributed by atoms with Crippen molar-refractivity contribution >= 4 is 192 Å². The van der Waals surface area contributed by atoms with Crippen LogP contribution in [0, 0.1) is 6.92 Å². The molecule has 110 heavy (non-hydrogen) atoms. The zero-order valence-electron chi connectivity index (χ0n) is 54.6. The van der Waals surface area contributed by atoms with E-state index in [9.17, 15) is 124 Å². The second kappa shape index (κ2) is 29.5. The molecule has 0 aliphatic heterocycles. The second-order valence-corrected chi connectivity index (χ2v) is 34.4. The summed E-state index contributed by atoms with van der Waals surface area (Å²) in [7, 11) is -41.8. The monoisotopic (exact) mass is 1670 g/mol. The van der Waals surface area contributed by atoms with Crippen molar-refractivity contribution in [3.63, 3.8) is 0 Å². The van der Waals surface area contributed by atoms with Crippen molar-refractivity contribution in [1.29, 1.82) is 0 Å². The zero-order chi connectivity index (χ0) is 80.3. The van der Waals surface area contributed by atoms with Gasteiger partial charge in [-0.15, -0.1) is 35.8 Å². The fourth-order valence-electron chi connectivity index (χ4n) is 10.7. The van der Waals surface area contributed by atoms with Gasteiger partial charge in [0.1, 0.15) is 70.1 Å². The van der Waals surface area contributed by atoms with Crippen LogP contribution in [-0.2, 0) is 80.9 Å². The van der Waals surface area contributed by atoms with Gasteiger partial charge in [0, 0.05) is 44.8 Å². The Kier molecular flexibility index (Phi) is 21.3. The molecule has 572 valence electrons. The predicted molar refractivity (Wildman–Crippen MR) is 386 cm³/mol. The first-order chi connectivity index (χ1) is 51.1. The first-order valence-electron chi connectivity index (χ1n) is 30.0. The summed E-state index contributed by atoms with van der Waals surface area (Å²) in [6.45, 7) is 0.737. The van der Waals surface area contributed by atoms with Gasteiger partial charge in [-0.2, -0.15) is 82.7 Å². The molecule has 0 spiro atoms. The van der Waals surface area contributed by atoms with Gasteiger partial charge in [-0.05, 0) is 139 Å². The molecular weight excluding hydrogens is 1620 g/mol. The van der Waals surface area contributed by atoms with Gasteiger partial charge in [0.2, 0.25) is 0 Å². The number of hydrogen-bond acceptors (Lipinski definition) is 32. The summed E-state index contributed by atoms with van der Waals surface area (Å²) in [4.78, 5) is -7.47. The molecule has 0 heterocycles. The van der Waals surface area contributed by atoms with E-state index in [1.807, 2.05) is 0 Å². The fourth-order valence-corrected chi connectivity index (χ4v) is 15.6. The molecule has 0 aliphatic rings. The molecule has 0 atom stereocenters. The van der Waals surface area contributed by atoms with Gasteiger partial charge < -0.3 is 30.5 Å². The molecule has 0 aliphatic carbocycles. The minimum atomic E-state index is -5.66. The number of nitrogens with one attached hydrogen (secondary N) is 1. The van der Waals surface area contributed by atoms with E-state index in [0.29, 0.717) is 30.0 Å². The summed E-state index contributed by atoms with van der Waals surface area (Å²) >= 11 is 0. The summed E-state index contributed by atoms with van der Waals surface area (Å²) in [5, 5.41) is 85.1. The molecular formula is C62H47N11O29S8. The lowest BCUT2D eigenvalue weighted by atomic mass is 10.0. The van der Waals surface area contributed by atoms with Crippen molar-refractivity contribution in [3.05, 3.63) is 157 Å². The van der Waals surface area contributed by atoms with E-state index in [4.69, 9.17) is 4.74 Å². The molecule has 40 nitrogen and oxygen atoms in total. The number of azo groups is 5. The van der Waals surface area contributed by atoms with E-state index >= 15 is 0 Å². The highest BCUT2D eigenvalue weighted by atomic mass is 32.2. The van der Waals surface area contributed by atoms with Crippen LogP contribution in [0.1, 0.15) is 12.0 Å². The van der Waals surface area contributed by atoms with Crippen molar-refractivity contribution in [3.8, 4) is 28.7 Å². The van der Waals surface area contributed by atoms with Crippen LogP contribution in [0.5, 0.6) is 28.7 Å². The van der Waals surface area contributed by atoms with Gasteiger partial charge in [-0.1, -0.05) is 30.3 Å². The number of aryl methyl sites for hydroxylation is 1. The highest BCUT2D eigenvalue weighted by molar-refractivity contribution is 7.87. The maximum absolute atomic E-state index is 13.4. The molecule has 48 heteroatoms. The molecule has 0 bridgehead atoms. The number of aromatic hydroxyl groups is 4. The molecule has 0 fully saturated rings. The molecule has 0 saturated carbocycles. The molecule has 0 saturated heterocycles. The molecule has 0 amide bonds. The Labute approximate surface area is 619 Å². The SMILES string of the molecule is Cc1cc(N=Nc2c(S(=O)(=O)O)cc3c(S(=O)(=O)O)cc(N=Nc4c(Nc5ccccc5)ccc5c(O)c(/N=N/c6ccc7c(O)c(/N=N\c8ccccc8S(=O)(=O)O)c(S(=O)(=O)O)cc7c6)c(S(=O)(=O)O)cc45)cc3c2O)c(OCCCS(=O)(=O)O)cc1/N=N\c1cc(S(=O)(=O)O)cc2cc(S(=O)(=O)O)cc(O)c12. The Morgan fingerprint density at radius 1 is 0.355 bits per heavy atom. The Hall–Kier alpha value is -11.5. The highest BCUT2D eigenvalue weighted by Crippen LogP contribution is 2.51. The van der Waals surface area contributed by atoms with Gasteiger partial charge in [0.05, 0.1) is 56.0 Å².